The number of hydrogen-bond acceptors (Lipinski definition) is 9. The van der Waals surface area contributed by atoms with E-state index in [1.165, 1.54) is 12.5 Å². The van der Waals surface area contributed by atoms with E-state index in [0.717, 1.165) is 0 Å². The SMILES string of the molecule is NCCCCC(NC(=O)C(N)CCCN=C(N)N)C(=O)NC(Cc1cnc[nH]1)C(=O)NC(CCCN=C(N)N)C(=O)O. The Morgan fingerprint density at radius 1 is 0.810 bits per heavy atom. The monoisotopic (exact) mass is 595 g/mol. The van der Waals surface area contributed by atoms with Crippen LogP contribution in [0.3, 0.4) is 0 Å². The normalized spacial score (nSPS) is 13.6. The summed E-state index contributed by atoms with van der Waals surface area (Å²) in [6, 6.07) is -4.41. The maximum Gasteiger partial charge on any atom is 0.326 e. The fourth-order valence-electron chi connectivity index (χ4n) is 3.82. The number of aromatic nitrogens is 2. The molecule has 18 heteroatoms. The first-order valence-corrected chi connectivity index (χ1v) is 13.6. The van der Waals surface area contributed by atoms with E-state index >= 15 is 0 Å². The molecule has 17 N–H and O–H groups in total. The third kappa shape index (κ3) is 14.8. The second-order valence-corrected chi connectivity index (χ2v) is 9.59. The van der Waals surface area contributed by atoms with Gasteiger partial charge in [0.1, 0.15) is 18.1 Å². The van der Waals surface area contributed by atoms with E-state index in [1.807, 2.05) is 0 Å². The van der Waals surface area contributed by atoms with Crippen molar-refractivity contribution in [3.05, 3.63) is 18.2 Å². The fourth-order valence-corrected chi connectivity index (χ4v) is 3.82. The highest BCUT2D eigenvalue weighted by molar-refractivity contribution is 5.94. The Bertz CT molecular complexity index is 1040. The van der Waals surface area contributed by atoms with Gasteiger partial charge < -0.3 is 60.4 Å². The highest BCUT2D eigenvalue weighted by atomic mass is 16.4. The average molecular weight is 596 g/mol. The van der Waals surface area contributed by atoms with E-state index in [0.29, 0.717) is 38.0 Å². The quantitative estimate of drug-likeness (QED) is 0.0368. The van der Waals surface area contributed by atoms with Crippen LogP contribution < -0.4 is 50.4 Å². The lowest BCUT2D eigenvalue weighted by atomic mass is 10.0. The molecule has 4 unspecified atom stereocenters. The third-order valence-electron chi connectivity index (χ3n) is 6.06. The number of H-pyrrole nitrogens is 1. The van der Waals surface area contributed by atoms with Gasteiger partial charge in [0.25, 0.3) is 0 Å². The number of hydrogen-bond donors (Lipinski definition) is 11. The Balaban J connectivity index is 3.00. The van der Waals surface area contributed by atoms with Crippen LogP contribution in [0.2, 0.25) is 0 Å². The van der Waals surface area contributed by atoms with Gasteiger partial charge in [0.2, 0.25) is 17.7 Å². The molecule has 4 atom stereocenters. The summed E-state index contributed by atoms with van der Waals surface area (Å²) in [5.41, 5.74) is 33.3. The van der Waals surface area contributed by atoms with E-state index in [-0.39, 0.29) is 50.6 Å². The number of guanidine groups is 2. The van der Waals surface area contributed by atoms with Gasteiger partial charge in [-0.25, -0.2) is 9.78 Å². The average Bonchev–Trinajstić information content (AvgIpc) is 3.44. The molecule has 1 aromatic rings. The molecule has 0 aliphatic heterocycles. The summed E-state index contributed by atoms with van der Waals surface area (Å²) in [5, 5.41) is 17.4. The van der Waals surface area contributed by atoms with Crippen molar-refractivity contribution in [2.24, 2.45) is 44.4 Å². The highest BCUT2D eigenvalue weighted by Crippen LogP contribution is 2.07. The molecule has 1 rings (SSSR count). The second-order valence-electron chi connectivity index (χ2n) is 9.59. The number of unbranched alkanes of at least 4 members (excludes halogenated alkanes) is 1. The maximum absolute atomic E-state index is 13.4. The number of imidazole rings is 1. The molecule has 0 saturated carbocycles. The smallest absolute Gasteiger partial charge is 0.326 e. The molecule has 1 heterocycles. The summed E-state index contributed by atoms with van der Waals surface area (Å²) in [5.74, 6) is -3.41. The van der Waals surface area contributed by atoms with Crippen LogP contribution in [0, 0.1) is 0 Å². The molecule has 0 bridgehead atoms. The summed E-state index contributed by atoms with van der Waals surface area (Å²) in [4.78, 5) is 65.6. The number of carboxylic acids is 1. The number of aliphatic carboxylic acids is 1. The Labute approximate surface area is 243 Å². The first-order valence-electron chi connectivity index (χ1n) is 13.6. The van der Waals surface area contributed by atoms with E-state index < -0.39 is 47.9 Å². The van der Waals surface area contributed by atoms with Gasteiger partial charge >= 0.3 is 5.97 Å². The van der Waals surface area contributed by atoms with Gasteiger partial charge in [0.05, 0.1) is 12.4 Å². The number of carboxylic acid groups (broad SMARTS) is 1. The summed E-state index contributed by atoms with van der Waals surface area (Å²) < 4.78 is 0. The number of carbonyl (C=O) groups excluding carboxylic acids is 3. The van der Waals surface area contributed by atoms with Crippen molar-refractivity contribution < 1.29 is 24.3 Å². The van der Waals surface area contributed by atoms with Crippen LogP contribution in [0.4, 0.5) is 0 Å². The minimum absolute atomic E-state index is 0.0221. The first-order chi connectivity index (χ1) is 19.9. The van der Waals surface area contributed by atoms with Gasteiger partial charge in [-0.05, 0) is 51.5 Å². The Hall–Kier alpha value is -4.45. The van der Waals surface area contributed by atoms with Crippen LogP contribution in [0.15, 0.2) is 22.5 Å². The molecule has 18 nitrogen and oxygen atoms in total. The van der Waals surface area contributed by atoms with Crippen molar-refractivity contribution in [2.45, 2.75) is 75.5 Å². The standard InChI is InChI=1S/C24H45N13O5/c25-8-2-1-6-16(35-19(38)15(26)5-3-9-32-23(27)28)20(39)37-18(11-14-12-31-13-34-14)21(40)36-17(22(41)42)7-4-10-33-24(29)30/h12-13,15-18H,1-11,25-26H2,(H,31,34)(H,35,38)(H,36,40)(H,37,39)(H,41,42)(H4,27,28,32)(H4,29,30,33). The lowest BCUT2D eigenvalue weighted by Crippen LogP contribution is -2.57. The van der Waals surface area contributed by atoms with Crippen molar-refractivity contribution >= 4 is 35.6 Å². The molecule has 0 aliphatic carbocycles. The predicted molar refractivity (Wildman–Crippen MR) is 156 cm³/mol. The predicted octanol–water partition coefficient (Wildman–Crippen LogP) is -3.95. The lowest BCUT2D eigenvalue weighted by molar-refractivity contribution is -0.142. The topological polar surface area (TPSA) is 334 Å². The number of nitrogens with zero attached hydrogens (tertiary/aromatic N) is 3. The molecule has 0 aromatic carbocycles. The Morgan fingerprint density at radius 2 is 1.36 bits per heavy atom. The van der Waals surface area contributed by atoms with Crippen molar-refractivity contribution in [3.63, 3.8) is 0 Å². The molecule has 0 fully saturated rings. The number of nitrogens with two attached hydrogens (primary N) is 6. The van der Waals surface area contributed by atoms with Crippen LogP contribution in [0.25, 0.3) is 0 Å². The summed E-state index contributed by atoms with van der Waals surface area (Å²) in [6.07, 6.45) is 5.24. The number of carbonyl (C=O) groups is 4. The van der Waals surface area contributed by atoms with E-state index in [4.69, 9.17) is 34.4 Å². The molecule has 42 heavy (non-hydrogen) atoms. The zero-order valence-corrected chi connectivity index (χ0v) is 23.6. The lowest BCUT2D eigenvalue weighted by Gasteiger charge is -2.25. The summed E-state index contributed by atoms with van der Waals surface area (Å²) in [7, 11) is 0. The van der Waals surface area contributed by atoms with Crippen molar-refractivity contribution in [2.75, 3.05) is 19.6 Å². The fraction of sp³-hybridized carbons (Fsp3) is 0.625. The molecule has 236 valence electrons. The molecule has 0 radical (unpaired) electrons. The number of nitrogens with one attached hydrogen (secondary N) is 4. The van der Waals surface area contributed by atoms with Crippen molar-refractivity contribution in [3.8, 4) is 0 Å². The molecular weight excluding hydrogens is 550 g/mol. The third-order valence-corrected chi connectivity index (χ3v) is 6.06. The zero-order valence-electron chi connectivity index (χ0n) is 23.6. The molecule has 0 aliphatic rings. The van der Waals surface area contributed by atoms with Crippen LogP contribution in [-0.2, 0) is 25.6 Å². The highest BCUT2D eigenvalue weighted by Gasteiger charge is 2.30. The number of aromatic amines is 1. The van der Waals surface area contributed by atoms with Crippen LogP contribution in [0.5, 0.6) is 0 Å². The largest absolute Gasteiger partial charge is 0.480 e. The first kappa shape index (κ1) is 35.6. The second kappa shape index (κ2) is 19.6. The Kier molecular flexibility index (Phi) is 16.6. The maximum atomic E-state index is 13.4. The minimum Gasteiger partial charge on any atom is -0.480 e. The van der Waals surface area contributed by atoms with Crippen LogP contribution in [0.1, 0.15) is 50.6 Å². The van der Waals surface area contributed by atoms with Gasteiger partial charge in [-0.15, -0.1) is 0 Å². The molecule has 3 amide bonds. The molecule has 1 aromatic heterocycles. The van der Waals surface area contributed by atoms with Gasteiger partial charge in [-0.1, -0.05) is 0 Å². The minimum atomic E-state index is -1.26. The van der Waals surface area contributed by atoms with E-state index in [1.54, 1.807) is 0 Å². The van der Waals surface area contributed by atoms with Gasteiger partial charge in [0.15, 0.2) is 11.9 Å². The molecular formula is C24H45N13O5. The zero-order chi connectivity index (χ0) is 31.5. The number of rotatable bonds is 21. The summed E-state index contributed by atoms with van der Waals surface area (Å²) >= 11 is 0. The molecule has 0 saturated heterocycles. The van der Waals surface area contributed by atoms with Crippen LogP contribution in [-0.4, -0.2) is 94.5 Å². The molecule has 0 spiro atoms. The van der Waals surface area contributed by atoms with Gasteiger partial charge in [-0.2, -0.15) is 0 Å². The van der Waals surface area contributed by atoms with Gasteiger partial charge in [0, 0.05) is 31.4 Å². The van der Waals surface area contributed by atoms with E-state index in [2.05, 4.69) is 35.9 Å². The van der Waals surface area contributed by atoms with E-state index in [9.17, 15) is 24.3 Å². The number of aliphatic imine (C=N–C) groups is 2. The van der Waals surface area contributed by atoms with Crippen molar-refractivity contribution in [1.82, 2.24) is 25.9 Å². The Morgan fingerprint density at radius 3 is 1.90 bits per heavy atom. The summed E-state index contributed by atoms with van der Waals surface area (Å²) in [6.45, 7) is 0.855. The number of amides is 3. The van der Waals surface area contributed by atoms with Crippen LogP contribution >= 0.6 is 0 Å². The van der Waals surface area contributed by atoms with Gasteiger partial charge in [-0.3, -0.25) is 24.4 Å². The van der Waals surface area contributed by atoms with Crippen molar-refractivity contribution in [1.29, 1.82) is 0 Å².